The maximum atomic E-state index is 11.0. The van der Waals surface area contributed by atoms with Gasteiger partial charge in [-0.15, -0.1) is 0 Å². The molecule has 0 saturated carbocycles. The molecular weight excluding hydrogens is 274 g/mol. The van der Waals surface area contributed by atoms with Crippen LogP contribution >= 0.6 is 11.6 Å². The van der Waals surface area contributed by atoms with E-state index >= 15 is 0 Å². The Morgan fingerprint density at radius 3 is 2.55 bits per heavy atom. The molecule has 0 radical (unpaired) electrons. The zero-order valence-corrected chi connectivity index (χ0v) is 11.6. The molecule has 0 fully saturated rings. The first-order valence-corrected chi connectivity index (χ1v) is 6.43. The topological polar surface area (TPSA) is 50.1 Å². The van der Waals surface area contributed by atoms with Crippen molar-refractivity contribution in [3.8, 4) is 11.8 Å². The molecule has 2 aromatic carbocycles. The van der Waals surface area contributed by atoms with Crippen LogP contribution in [0, 0.1) is 11.3 Å². The van der Waals surface area contributed by atoms with Gasteiger partial charge in [-0.1, -0.05) is 41.9 Å². The molecule has 0 aliphatic carbocycles. The molecule has 0 bridgehead atoms. The van der Waals surface area contributed by atoms with Gasteiger partial charge in [0.05, 0.1) is 10.6 Å². The summed E-state index contributed by atoms with van der Waals surface area (Å²) in [6.45, 7) is 1.27. The van der Waals surface area contributed by atoms with E-state index in [0.717, 1.165) is 11.1 Å². The predicted octanol–water partition coefficient (Wildman–Crippen LogP) is 3.73. The monoisotopic (exact) mass is 285 g/mol. The maximum absolute atomic E-state index is 11.0. The van der Waals surface area contributed by atoms with Crippen molar-refractivity contribution in [1.82, 2.24) is 0 Å². The van der Waals surface area contributed by atoms with Crippen molar-refractivity contribution < 1.29 is 9.53 Å². The van der Waals surface area contributed by atoms with Crippen LogP contribution in [0.5, 0.6) is 5.75 Å². The molecule has 0 aromatic heterocycles. The van der Waals surface area contributed by atoms with Crippen LogP contribution in [-0.4, -0.2) is 5.97 Å². The number of hydrogen-bond acceptors (Lipinski definition) is 3. The van der Waals surface area contributed by atoms with Gasteiger partial charge < -0.3 is 4.74 Å². The lowest BCUT2D eigenvalue weighted by Crippen LogP contribution is -2.04. The Morgan fingerprint density at radius 2 is 1.95 bits per heavy atom. The van der Waals surface area contributed by atoms with Crippen molar-refractivity contribution in [3.63, 3.8) is 0 Å². The third-order valence-corrected chi connectivity index (χ3v) is 3.00. The number of hydrogen-bond donors (Lipinski definition) is 0. The summed E-state index contributed by atoms with van der Waals surface area (Å²) in [6, 6.07) is 15.3. The van der Waals surface area contributed by atoms with E-state index in [1.807, 2.05) is 36.4 Å². The van der Waals surface area contributed by atoms with Gasteiger partial charge in [0.15, 0.2) is 5.75 Å². The summed E-state index contributed by atoms with van der Waals surface area (Å²) >= 11 is 6.10. The largest absolute Gasteiger partial charge is 0.424 e. The molecule has 0 aliphatic heterocycles. The molecule has 2 aromatic rings. The highest BCUT2D eigenvalue weighted by molar-refractivity contribution is 6.32. The van der Waals surface area contributed by atoms with Crippen LogP contribution in [0.3, 0.4) is 0 Å². The molecule has 0 saturated heterocycles. The van der Waals surface area contributed by atoms with Crippen molar-refractivity contribution in [3.05, 3.63) is 64.2 Å². The van der Waals surface area contributed by atoms with Crippen molar-refractivity contribution in [2.75, 3.05) is 0 Å². The molecule has 0 spiro atoms. The first kappa shape index (κ1) is 14.1. The minimum atomic E-state index is -0.501. The average Bonchev–Trinajstić information content (AvgIpc) is 2.42. The second-order valence-corrected chi connectivity index (χ2v) is 4.73. The van der Waals surface area contributed by atoms with Crippen LogP contribution in [0.4, 0.5) is 0 Å². The summed E-state index contributed by atoms with van der Waals surface area (Å²) < 4.78 is 4.98. The number of carbonyl (C=O) groups is 1. The number of nitrogens with zero attached hydrogens (tertiary/aromatic N) is 1. The van der Waals surface area contributed by atoms with E-state index in [1.165, 1.54) is 6.92 Å². The van der Waals surface area contributed by atoms with Crippen LogP contribution in [0.1, 0.15) is 23.6 Å². The number of carbonyl (C=O) groups excluding carboxylic acids is 1. The molecule has 100 valence electrons. The highest BCUT2D eigenvalue weighted by atomic mass is 35.5. The Balaban J connectivity index is 2.36. The minimum Gasteiger partial charge on any atom is -0.424 e. The Labute approximate surface area is 122 Å². The van der Waals surface area contributed by atoms with Gasteiger partial charge >= 0.3 is 5.97 Å². The van der Waals surface area contributed by atoms with E-state index in [-0.39, 0.29) is 16.3 Å². The third-order valence-electron chi connectivity index (χ3n) is 2.72. The van der Waals surface area contributed by atoms with E-state index in [4.69, 9.17) is 21.6 Å². The van der Waals surface area contributed by atoms with Crippen LogP contribution < -0.4 is 4.74 Å². The smallest absolute Gasteiger partial charge is 0.308 e. The Kier molecular flexibility index (Phi) is 4.39. The van der Waals surface area contributed by atoms with Gasteiger partial charge in [0.25, 0.3) is 0 Å². The number of esters is 1. The molecule has 0 atom stereocenters. The molecule has 0 heterocycles. The molecule has 0 amide bonds. The second kappa shape index (κ2) is 6.23. The quantitative estimate of drug-likeness (QED) is 0.638. The van der Waals surface area contributed by atoms with Crippen LogP contribution in [0.15, 0.2) is 42.5 Å². The van der Waals surface area contributed by atoms with E-state index in [1.54, 1.807) is 12.1 Å². The van der Waals surface area contributed by atoms with Crippen molar-refractivity contribution in [2.24, 2.45) is 0 Å². The maximum Gasteiger partial charge on any atom is 0.308 e. The molecule has 20 heavy (non-hydrogen) atoms. The Hall–Kier alpha value is -2.31. The first-order chi connectivity index (χ1) is 9.60. The van der Waals surface area contributed by atoms with Gasteiger partial charge in [-0.3, -0.25) is 4.79 Å². The molecule has 0 aliphatic rings. The Bertz CT molecular complexity index is 675. The fourth-order valence-corrected chi connectivity index (χ4v) is 2.19. The molecular formula is C16H12ClNO2. The molecule has 0 N–H and O–H groups in total. The highest BCUT2D eigenvalue weighted by Crippen LogP contribution is 2.31. The average molecular weight is 286 g/mol. The summed E-state index contributed by atoms with van der Waals surface area (Å²) in [5.41, 5.74) is 2.28. The fraction of sp³-hybridized carbons (Fsp3) is 0.125. The summed E-state index contributed by atoms with van der Waals surface area (Å²) in [5, 5.41) is 9.42. The van der Waals surface area contributed by atoms with Gasteiger partial charge in [0, 0.05) is 6.92 Å². The zero-order chi connectivity index (χ0) is 14.5. The summed E-state index contributed by atoms with van der Waals surface area (Å²) in [4.78, 5) is 11.0. The zero-order valence-electron chi connectivity index (χ0n) is 10.9. The number of benzene rings is 2. The van der Waals surface area contributed by atoms with Gasteiger partial charge in [-0.2, -0.15) is 5.26 Å². The standard InChI is InChI=1S/C16H12ClNO2/c1-11(19)20-16-14(10-18)8-13(9-15(16)17)7-12-5-3-2-4-6-12/h2-6,8-9H,7H2,1H3. The molecule has 2 rings (SSSR count). The van der Waals surface area contributed by atoms with E-state index in [0.29, 0.717) is 6.42 Å². The van der Waals surface area contributed by atoms with Crippen LogP contribution in [0.25, 0.3) is 0 Å². The van der Waals surface area contributed by atoms with E-state index < -0.39 is 5.97 Å². The lowest BCUT2D eigenvalue weighted by atomic mass is 10.0. The number of rotatable bonds is 3. The summed E-state index contributed by atoms with van der Waals surface area (Å²) in [5.74, 6) is -0.377. The summed E-state index contributed by atoms with van der Waals surface area (Å²) in [7, 11) is 0. The van der Waals surface area contributed by atoms with Crippen molar-refractivity contribution >= 4 is 17.6 Å². The SMILES string of the molecule is CC(=O)Oc1c(Cl)cc(Cc2ccccc2)cc1C#N. The third kappa shape index (κ3) is 3.37. The van der Waals surface area contributed by atoms with E-state index in [2.05, 4.69) is 0 Å². The molecule has 4 heteroatoms. The van der Waals surface area contributed by atoms with Gasteiger partial charge in [0.1, 0.15) is 6.07 Å². The number of ether oxygens (including phenoxy) is 1. The van der Waals surface area contributed by atoms with E-state index in [9.17, 15) is 4.79 Å². The molecule has 3 nitrogen and oxygen atoms in total. The second-order valence-electron chi connectivity index (χ2n) is 4.32. The number of halogens is 1. The van der Waals surface area contributed by atoms with Gasteiger partial charge in [-0.05, 0) is 29.7 Å². The lowest BCUT2D eigenvalue weighted by molar-refractivity contribution is -0.131. The molecule has 0 unspecified atom stereocenters. The fourth-order valence-electron chi connectivity index (χ4n) is 1.91. The highest BCUT2D eigenvalue weighted by Gasteiger charge is 2.13. The summed E-state index contributed by atoms with van der Waals surface area (Å²) in [6.07, 6.45) is 0.662. The van der Waals surface area contributed by atoms with Gasteiger partial charge in [0.2, 0.25) is 0 Å². The minimum absolute atomic E-state index is 0.124. The van der Waals surface area contributed by atoms with Crippen molar-refractivity contribution in [1.29, 1.82) is 5.26 Å². The Morgan fingerprint density at radius 1 is 1.25 bits per heavy atom. The van der Waals surface area contributed by atoms with Gasteiger partial charge in [-0.25, -0.2) is 0 Å². The van der Waals surface area contributed by atoms with Crippen LogP contribution in [-0.2, 0) is 11.2 Å². The first-order valence-electron chi connectivity index (χ1n) is 6.05. The van der Waals surface area contributed by atoms with Crippen LogP contribution in [0.2, 0.25) is 5.02 Å². The normalized spacial score (nSPS) is 9.85. The van der Waals surface area contributed by atoms with Crippen molar-refractivity contribution in [2.45, 2.75) is 13.3 Å². The number of nitriles is 1. The lowest BCUT2D eigenvalue weighted by Gasteiger charge is -2.09. The predicted molar refractivity (Wildman–Crippen MR) is 76.7 cm³/mol.